The molecule has 0 unspecified atom stereocenters. The summed E-state index contributed by atoms with van der Waals surface area (Å²) in [5.41, 5.74) is 1.05. The maximum absolute atomic E-state index is 13.5. The van der Waals surface area contributed by atoms with Gasteiger partial charge in [-0.3, -0.25) is 14.5 Å². The Balaban J connectivity index is 1.53. The Morgan fingerprint density at radius 3 is 2.03 bits per heavy atom. The molecule has 1 saturated heterocycles. The van der Waals surface area contributed by atoms with Crippen molar-refractivity contribution in [2.24, 2.45) is 11.3 Å². The van der Waals surface area contributed by atoms with E-state index in [-0.39, 0.29) is 23.8 Å². The van der Waals surface area contributed by atoms with Crippen LogP contribution in [0.2, 0.25) is 0 Å². The molecule has 1 aliphatic heterocycles. The lowest BCUT2D eigenvalue weighted by Gasteiger charge is -2.43. The topological polar surface area (TPSA) is 69.7 Å². The highest BCUT2D eigenvalue weighted by atomic mass is 16.2. The maximum atomic E-state index is 13.5. The Hall–Kier alpha value is -3.15. The van der Waals surface area contributed by atoms with E-state index in [0.717, 1.165) is 22.4 Å². The Morgan fingerprint density at radius 2 is 1.52 bits per heavy atom. The van der Waals surface area contributed by atoms with Gasteiger partial charge in [-0.2, -0.15) is 0 Å². The van der Waals surface area contributed by atoms with Gasteiger partial charge in [-0.25, -0.2) is 4.79 Å². The molecule has 4 rings (SSSR count). The fourth-order valence-electron chi connectivity index (χ4n) is 5.72. The van der Waals surface area contributed by atoms with Gasteiger partial charge in [-0.1, -0.05) is 81.4 Å². The zero-order valence-corrected chi connectivity index (χ0v) is 19.7. The van der Waals surface area contributed by atoms with Crippen molar-refractivity contribution < 1.29 is 14.4 Å². The zero-order chi connectivity index (χ0) is 23.6. The van der Waals surface area contributed by atoms with Crippen LogP contribution >= 0.6 is 0 Å². The molecule has 1 heterocycles. The van der Waals surface area contributed by atoms with Crippen LogP contribution in [-0.4, -0.2) is 39.7 Å². The van der Waals surface area contributed by atoms with Gasteiger partial charge in [0.05, 0.1) is 0 Å². The third-order valence-corrected chi connectivity index (χ3v) is 6.70. The van der Waals surface area contributed by atoms with Gasteiger partial charge in [0, 0.05) is 13.1 Å². The number of carbonyl (C=O) groups excluding carboxylic acids is 3. The van der Waals surface area contributed by atoms with Crippen LogP contribution in [0, 0.1) is 11.3 Å². The number of urea groups is 1. The van der Waals surface area contributed by atoms with Crippen LogP contribution in [0.25, 0.3) is 0 Å². The van der Waals surface area contributed by atoms with Gasteiger partial charge >= 0.3 is 6.03 Å². The van der Waals surface area contributed by atoms with Crippen LogP contribution in [0.4, 0.5) is 4.79 Å². The maximum Gasteiger partial charge on any atom is 0.325 e. The molecule has 2 fully saturated rings. The molecule has 1 spiro atoms. The molecule has 1 N–H and O–H groups in total. The highest BCUT2D eigenvalue weighted by Crippen LogP contribution is 2.46. The summed E-state index contributed by atoms with van der Waals surface area (Å²) in [4.78, 5) is 42.6. The SMILES string of the molecule is C[C@@H]1CC(C)(C)C[C@@]2(C1)NC(=O)N(CC(=O)N(Cc1ccccc1)Cc1ccccc1)C2=O. The molecule has 174 valence electrons. The summed E-state index contributed by atoms with van der Waals surface area (Å²) in [5.74, 6) is -0.187. The first-order chi connectivity index (χ1) is 15.7. The van der Waals surface area contributed by atoms with Crippen molar-refractivity contribution >= 4 is 17.8 Å². The summed E-state index contributed by atoms with van der Waals surface area (Å²) in [6.07, 6.45) is 2.22. The largest absolute Gasteiger partial charge is 0.332 e. The second kappa shape index (κ2) is 9.00. The van der Waals surface area contributed by atoms with E-state index < -0.39 is 11.6 Å². The lowest BCUT2D eigenvalue weighted by Crippen LogP contribution is -2.54. The monoisotopic (exact) mass is 447 g/mol. The molecule has 2 aromatic carbocycles. The molecule has 0 radical (unpaired) electrons. The number of nitrogens with zero attached hydrogens (tertiary/aromatic N) is 2. The van der Waals surface area contributed by atoms with Gasteiger partial charge in [0.15, 0.2) is 0 Å². The van der Waals surface area contributed by atoms with Gasteiger partial charge in [0.2, 0.25) is 5.91 Å². The van der Waals surface area contributed by atoms with Crippen molar-refractivity contribution in [1.29, 1.82) is 0 Å². The van der Waals surface area contributed by atoms with Gasteiger partial charge in [-0.15, -0.1) is 0 Å². The van der Waals surface area contributed by atoms with E-state index in [4.69, 9.17) is 0 Å². The number of rotatable bonds is 6. The molecule has 0 bridgehead atoms. The average molecular weight is 448 g/mol. The van der Waals surface area contributed by atoms with Gasteiger partial charge < -0.3 is 10.2 Å². The van der Waals surface area contributed by atoms with Gasteiger partial charge in [-0.05, 0) is 41.7 Å². The fraction of sp³-hybridized carbons (Fsp3) is 0.444. The molecular weight excluding hydrogens is 414 g/mol. The van der Waals surface area contributed by atoms with E-state index in [2.05, 4.69) is 26.1 Å². The van der Waals surface area contributed by atoms with Crippen LogP contribution in [0.5, 0.6) is 0 Å². The summed E-state index contributed by atoms with van der Waals surface area (Å²) >= 11 is 0. The highest BCUT2D eigenvalue weighted by molar-refractivity contribution is 6.09. The van der Waals surface area contributed by atoms with Crippen molar-refractivity contribution in [2.75, 3.05) is 6.54 Å². The van der Waals surface area contributed by atoms with E-state index in [1.165, 1.54) is 0 Å². The van der Waals surface area contributed by atoms with Crippen molar-refractivity contribution in [1.82, 2.24) is 15.1 Å². The van der Waals surface area contributed by atoms with Crippen LogP contribution in [0.15, 0.2) is 60.7 Å². The Morgan fingerprint density at radius 1 is 0.970 bits per heavy atom. The number of hydrogen-bond acceptors (Lipinski definition) is 3. The first-order valence-corrected chi connectivity index (χ1v) is 11.7. The van der Waals surface area contributed by atoms with Gasteiger partial charge in [0.25, 0.3) is 5.91 Å². The Bertz CT molecular complexity index is 980. The molecule has 6 nitrogen and oxygen atoms in total. The summed E-state index contributed by atoms with van der Waals surface area (Å²) < 4.78 is 0. The van der Waals surface area contributed by atoms with Crippen LogP contribution in [0.3, 0.4) is 0 Å². The van der Waals surface area contributed by atoms with Gasteiger partial charge in [0.1, 0.15) is 12.1 Å². The first kappa shape index (κ1) is 23.0. The molecule has 1 saturated carbocycles. The Kier molecular flexibility index (Phi) is 6.28. The molecule has 2 aliphatic rings. The molecule has 2 aromatic rings. The van der Waals surface area contributed by atoms with Crippen LogP contribution in [0.1, 0.15) is 51.2 Å². The second-order valence-electron chi connectivity index (χ2n) is 10.5. The van der Waals surface area contributed by atoms with E-state index in [9.17, 15) is 14.4 Å². The third-order valence-electron chi connectivity index (χ3n) is 6.70. The predicted octanol–water partition coefficient (Wildman–Crippen LogP) is 4.35. The van der Waals surface area contributed by atoms with Crippen molar-refractivity contribution in [3.8, 4) is 0 Å². The smallest absolute Gasteiger partial charge is 0.325 e. The Labute approximate surface area is 196 Å². The molecule has 6 heteroatoms. The number of carbonyl (C=O) groups is 3. The van der Waals surface area contributed by atoms with E-state index in [0.29, 0.717) is 31.8 Å². The molecular formula is C27H33N3O3. The zero-order valence-electron chi connectivity index (χ0n) is 19.7. The second-order valence-corrected chi connectivity index (χ2v) is 10.5. The average Bonchev–Trinajstić information content (AvgIpc) is 2.96. The van der Waals surface area contributed by atoms with Crippen LogP contribution < -0.4 is 5.32 Å². The summed E-state index contributed by atoms with van der Waals surface area (Å²) in [6, 6.07) is 19.1. The minimum atomic E-state index is -0.901. The number of benzene rings is 2. The first-order valence-electron chi connectivity index (χ1n) is 11.7. The molecule has 0 aromatic heterocycles. The normalized spacial score (nSPS) is 24.1. The van der Waals surface area contributed by atoms with E-state index >= 15 is 0 Å². The highest BCUT2D eigenvalue weighted by Gasteiger charge is 2.56. The number of nitrogens with one attached hydrogen (secondary N) is 1. The quantitative estimate of drug-likeness (QED) is 0.669. The van der Waals surface area contributed by atoms with E-state index in [1.54, 1.807) is 4.90 Å². The molecule has 4 amide bonds. The number of amides is 4. The molecule has 33 heavy (non-hydrogen) atoms. The molecule has 2 atom stereocenters. The standard InChI is InChI=1S/C27H33N3O3/c1-20-14-26(2,3)19-27(15-20)24(32)30(25(33)28-27)18-23(31)29(16-21-10-6-4-7-11-21)17-22-12-8-5-9-13-22/h4-13,20H,14-19H2,1-3H3,(H,28,33)/t20-,27-/m1/s1. The summed E-state index contributed by atoms with van der Waals surface area (Å²) in [5, 5.41) is 2.97. The fourth-order valence-corrected chi connectivity index (χ4v) is 5.72. The van der Waals surface area contributed by atoms with Crippen molar-refractivity contribution in [3.63, 3.8) is 0 Å². The predicted molar refractivity (Wildman–Crippen MR) is 127 cm³/mol. The minimum Gasteiger partial charge on any atom is -0.332 e. The summed E-state index contributed by atoms with van der Waals surface area (Å²) in [6.45, 7) is 6.97. The van der Waals surface area contributed by atoms with E-state index in [1.807, 2.05) is 60.7 Å². The number of imide groups is 1. The third kappa shape index (κ3) is 5.10. The molecule has 1 aliphatic carbocycles. The van der Waals surface area contributed by atoms with Crippen molar-refractivity contribution in [2.45, 2.75) is 58.7 Å². The lowest BCUT2D eigenvalue weighted by atomic mass is 9.64. The summed E-state index contributed by atoms with van der Waals surface area (Å²) in [7, 11) is 0. The lowest BCUT2D eigenvalue weighted by molar-refractivity contribution is -0.141. The minimum absolute atomic E-state index is 0.0483. The van der Waals surface area contributed by atoms with Crippen molar-refractivity contribution in [3.05, 3.63) is 71.8 Å². The van der Waals surface area contributed by atoms with Crippen LogP contribution in [-0.2, 0) is 22.7 Å². The number of hydrogen-bond donors (Lipinski definition) is 1.